The summed E-state index contributed by atoms with van der Waals surface area (Å²) in [5.41, 5.74) is 5.05. The Balaban J connectivity index is 1.80. The van der Waals surface area contributed by atoms with Crippen LogP contribution in [-0.4, -0.2) is 0 Å². The van der Waals surface area contributed by atoms with E-state index in [1.807, 2.05) is 24.3 Å². The second kappa shape index (κ2) is 6.95. The van der Waals surface area contributed by atoms with Crippen molar-refractivity contribution in [1.29, 1.82) is 0 Å². The van der Waals surface area contributed by atoms with Crippen LogP contribution in [0.1, 0.15) is 18.1 Å². The van der Waals surface area contributed by atoms with E-state index in [4.69, 9.17) is 4.74 Å². The first-order valence-electron chi connectivity index (χ1n) is 7.72. The lowest BCUT2D eigenvalue weighted by molar-refractivity contribution is 0.306. The standard InChI is InChI=1S/C21H20O/c1-2-18-15-20(22-16-17-9-5-3-6-10-17)13-14-21(18)19-11-7-4-8-12-19/h3-15H,2,16H2,1H3. The van der Waals surface area contributed by atoms with Crippen LogP contribution in [0.25, 0.3) is 11.1 Å². The van der Waals surface area contributed by atoms with E-state index in [1.165, 1.54) is 22.3 Å². The van der Waals surface area contributed by atoms with E-state index in [9.17, 15) is 0 Å². The van der Waals surface area contributed by atoms with Crippen LogP contribution in [0.4, 0.5) is 0 Å². The molecule has 3 aromatic carbocycles. The predicted molar refractivity (Wildman–Crippen MR) is 92.0 cm³/mol. The van der Waals surface area contributed by atoms with Gasteiger partial charge >= 0.3 is 0 Å². The molecule has 0 aliphatic carbocycles. The van der Waals surface area contributed by atoms with E-state index in [2.05, 4.69) is 61.5 Å². The van der Waals surface area contributed by atoms with Crippen LogP contribution in [0.15, 0.2) is 78.9 Å². The molecule has 1 nitrogen and oxygen atoms in total. The lowest BCUT2D eigenvalue weighted by Gasteiger charge is -2.12. The van der Waals surface area contributed by atoms with Gasteiger partial charge in [-0.3, -0.25) is 0 Å². The third-order valence-electron chi connectivity index (χ3n) is 3.79. The summed E-state index contributed by atoms with van der Waals surface area (Å²) in [4.78, 5) is 0. The summed E-state index contributed by atoms with van der Waals surface area (Å²) < 4.78 is 5.93. The Labute approximate surface area is 132 Å². The van der Waals surface area contributed by atoms with E-state index >= 15 is 0 Å². The molecule has 0 fully saturated rings. The van der Waals surface area contributed by atoms with Gasteiger partial charge < -0.3 is 4.74 Å². The fourth-order valence-corrected chi connectivity index (χ4v) is 2.59. The molecule has 0 saturated carbocycles. The van der Waals surface area contributed by atoms with Crippen molar-refractivity contribution in [3.05, 3.63) is 90.0 Å². The van der Waals surface area contributed by atoms with Crippen molar-refractivity contribution in [3.8, 4) is 16.9 Å². The Morgan fingerprint density at radius 3 is 2.14 bits per heavy atom. The maximum absolute atomic E-state index is 5.93. The molecule has 0 N–H and O–H groups in total. The van der Waals surface area contributed by atoms with Crippen molar-refractivity contribution in [2.24, 2.45) is 0 Å². The summed E-state index contributed by atoms with van der Waals surface area (Å²) in [5, 5.41) is 0. The molecule has 0 aliphatic heterocycles. The smallest absolute Gasteiger partial charge is 0.120 e. The van der Waals surface area contributed by atoms with E-state index < -0.39 is 0 Å². The Bertz CT molecular complexity index is 717. The summed E-state index contributed by atoms with van der Waals surface area (Å²) in [7, 11) is 0. The van der Waals surface area contributed by atoms with Crippen LogP contribution in [0, 0.1) is 0 Å². The van der Waals surface area contributed by atoms with Gasteiger partial charge in [-0.15, -0.1) is 0 Å². The highest BCUT2D eigenvalue weighted by Gasteiger charge is 2.05. The maximum atomic E-state index is 5.93. The van der Waals surface area contributed by atoms with Gasteiger partial charge in [0.2, 0.25) is 0 Å². The van der Waals surface area contributed by atoms with Crippen LogP contribution in [0.5, 0.6) is 5.75 Å². The molecule has 3 aromatic rings. The monoisotopic (exact) mass is 288 g/mol. The van der Waals surface area contributed by atoms with Gasteiger partial charge in [-0.1, -0.05) is 73.7 Å². The molecule has 0 aromatic heterocycles. The number of hydrogen-bond acceptors (Lipinski definition) is 1. The Morgan fingerprint density at radius 1 is 0.773 bits per heavy atom. The Kier molecular flexibility index (Phi) is 4.55. The number of rotatable bonds is 5. The minimum atomic E-state index is 0.606. The number of aryl methyl sites for hydroxylation is 1. The Hall–Kier alpha value is -2.54. The molecule has 0 spiro atoms. The molecule has 0 atom stereocenters. The first kappa shape index (κ1) is 14.4. The molecule has 0 unspecified atom stereocenters. The number of benzene rings is 3. The van der Waals surface area contributed by atoms with Gasteiger partial charge in [0.1, 0.15) is 12.4 Å². The highest BCUT2D eigenvalue weighted by Crippen LogP contribution is 2.28. The molecule has 0 saturated heterocycles. The van der Waals surface area contributed by atoms with Crippen molar-refractivity contribution in [2.45, 2.75) is 20.0 Å². The minimum absolute atomic E-state index is 0.606. The third-order valence-corrected chi connectivity index (χ3v) is 3.79. The van der Waals surface area contributed by atoms with Gasteiger partial charge in [0, 0.05) is 0 Å². The minimum Gasteiger partial charge on any atom is -0.489 e. The lowest BCUT2D eigenvalue weighted by atomic mass is 9.98. The molecule has 0 radical (unpaired) electrons. The first-order valence-corrected chi connectivity index (χ1v) is 7.72. The van der Waals surface area contributed by atoms with Crippen LogP contribution in [0.2, 0.25) is 0 Å². The Morgan fingerprint density at radius 2 is 1.45 bits per heavy atom. The van der Waals surface area contributed by atoms with Crippen LogP contribution >= 0.6 is 0 Å². The number of ether oxygens (including phenoxy) is 1. The normalized spacial score (nSPS) is 10.4. The van der Waals surface area contributed by atoms with Gasteiger partial charge in [0.25, 0.3) is 0 Å². The van der Waals surface area contributed by atoms with E-state index in [0.29, 0.717) is 6.61 Å². The highest BCUT2D eigenvalue weighted by atomic mass is 16.5. The summed E-state index contributed by atoms with van der Waals surface area (Å²) >= 11 is 0. The lowest BCUT2D eigenvalue weighted by Crippen LogP contribution is -1.96. The predicted octanol–water partition coefficient (Wildman–Crippen LogP) is 5.50. The number of hydrogen-bond donors (Lipinski definition) is 0. The van der Waals surface area contributed by atoms with Crippen LogP contribution in [-0.2, 0) is 13.0 Å². The maximum Gasteiger partial charge on any atom is 0.120 e. The van der Waals surface area contributed by atoms with Crippen molar-refractivity contribution >= 4 is 0 Å². The van der Waals surface area contributed by atoms with E-state index in [-0.39, 0.29) is 0 Å². The molecule has 0 bridgehead atoms. The van der Waals surface area contributed by atoms with Gasteiger partial charge in [-0.2, -0.15) is 0 Å². The van der Waals surface area contributed by atoms with Crippen LogP contribution in [0.3, 0.4) is 0 Å². The van der Waals surface area contributed by atoms with Crippen molar-refractivity contribution in [3.63, 3.8) is 0 Å². The van der Waals surface area contributed by atoms with Gasteiger partial charge in [0.15, 0.2) is 0 Å². The summed E-state index contributed by atoms with van der Waals surface area (Å²) in [5.74, 6) is 0.931. The van der Waals surface area contributed by atoms with Gasteiger partial charge in [-0.25, -0.2) is 0 Å². The zero-order valence-corrected chi connectivity index (χ0v) is 12.8. The van der Waals surface area contributed by atoms with Crippen molar-refractivity contribution in [2.75, 3.05) is 0 Å². The zero-order chi connectivity index (χ0) is 15.2. The summed E-state index contributed by atoms with van der Waals surface area (Å²) in [6.45, 7) is 2.79. The second-order valence-corrected chi connectivity index (χ2v) is 5.31. The van der Waals surface area contributed by atoms with Gasteiger partial charge in [0.05, 0.1) is 0 Å². The molecule has 22 heavy (non-hydrogen) atoms. The summed E-state index contributed by atoms with van der Waals surface area (Å²) in [6.07, 6.45) is 0.993. The SMILES string of the molecule is CCc1cc(OCc2ccccc2)ccc1-c1ccccc1. The van der Waals surface area contributed by atoms with Gasteiger partial charge in [-0.05, 0) is 40.8 Å². The molecule has 0 heterocycles. The van der Waals surface area contributed by atoms with Crippen molar-refractivity contribution < 1.29 is 4.74 Å². The topological polar surface area (TPSA) is 9.23 Å². The van der Waals surface area contributed by atoms with E-state index in [1.54, 1.807) is 0 Å². The average molecular weight is 288 g/mol. The molecule has 0 amide bonds. The fourth-order valence-electron chi connectivity index (χ4n) is 2.59. The summed E-state index contributed by atoms with van der Waals surface area (Å²) in [6, 6.07) is 27.1. The highest BCUT2D eigenvalue weighted by molar-refractivity contribution is 5.68. The zero-order valence-electron chi connectivity index (χ0n) is 12.8. The molecular formula is C21H20O. The average Bonchev–Trinajstić information content (AvgIpc) is 2.61. The third kappa shape index (κ3) is 3.37. The fraction of sp³-hybridized carbons (Fsp3) is 0.143. The molecule has 0 aliphatic rings. The molecule has 3 rings (SSSR count). The van der Waals surface area contributed by atoms with Crippen molar-refractivity contribution in [1.82, 2.24) is 0 Å². The molecular weight excluding hydrogens is 268 g/mol. The first-order chi connectivity index (χ1) is 10.9. The van der Waals surface area contributed by atoms with Crippen LogP contribution < -0.4 is 4.74 Å². The molecule has 1 heteroatoms. The molecule has 110 valence electrons. The second-order valence-electron chi connectivity index (χ2n) is 5.31. The quantitative estimate of drug-likeness (QED) is 0.602. The van der Waals surface area contributed by atoms with E-state index in [0.717, 1.165) is 12.2 Å². The largest absolute Gasteiger partial charge is 0.489 e.